The average Bonchev–Trinajstić information content (AvgIpc) is 2.71. The highest BCUT2D eigenvalue weighted by Crippen LogP contribution is 2.09. The number of carbonyl (C=O) groups is 1. The van der Waals surface area contributed by atoms with Gasteiger partial charge in [0.05, 0.1) is 5.69 Å². The van der Waals surface area contributed by atoms with Gasteiger partial charge < -0.3 is 15.6 Å². The Morgan fingerprint density at radius 2 is 2.33 bits per heavy atom. The van der Waals surface area contributed by atoms with Gasteiger partial charge in [-0.1, -0.05) is 5.16 Å². The molecule has 0 aliphatic rings. The van der Waals surface area contributed by atoms with E-state index in [0.29, 0.717) is 11.5 Å². The molecular formula is C9H8N4O2. The summed E-state index contributed by atoms with van der Waals surface area (Å²) in [5.74, 6) is -0.0907. The fraction of sp³-hybridized carbons (Fsp3) is 0. The lowest BCUT2D eigenvalue weighted by Crippen LogP contribution is -2.15. The summed E-state index contributed by atoms with van der Waals surface area (Å²) < 4.78 is 4.57. The number of nitrogens with two attached hydrogens (primary N) is 1. The number of rotatable bonds is 2. The number of nitrogens with zero attached hydrogens (tertiary/aromatic N) is 2. The number of nitrogens with one attached hydrogen (secondary N) is 1. The molecule has 6 nitrogen and oxygen atoms in total. The molecule has 0 aliphatic carbocycles. The average molecular weight is 204 g/mol. The van der Waals surface area contributed by atoms with Gasteiger partial charge in [-0.15, -0.1) is 0 Å². The summed E-state index contributed by atoms with van der Waals surface area (Å²) in [5.41, 5.74) is 6.07. The van der Waals surface area contributed by atoms with E-state index in [9.17, 15) is 4.79 Å². The molecule has 3 N–H and O–H groups in total. The summed E-state index contributed by atoms with van der Waals surface area (Å²) in [6.45, 7) is 0. The van der Waals surface area contributed by atoms with Crippen LogP contribution in [0.5, 0.6) is 0 Å². The Kier molecular flexibility index (Phi) is 2.32. The van der Waals surface area contributed by atoms with Crippen molar-refractivity contribution in [1.82, 2.24) is 10.1 Å². The highest BCUT2D eigenvalue weighted by molar-refractivity contribution is 6.05. The Hall–Kier alpha value is -2.37. The lowest BCUT2D eigenvalue weighted by atomic mass is 10.3. The van der Waals surface area contributed by atoms with Crippen LogP contribution in [0.1, 0.15) is 10.5 Å². The van der Waals surface area contributed by atoms with Crippen LogP contribution in [0.15, 0.2) is 35.2 Å². The van der Waals surface area contributed by atoms with Crippen molar-refractivity contribution in [1.29, 1.82) is 0 Å². The summed E-state index contributed by atoms with van der Waals surface area (Å²) in [7, 11) is 0. The molecule has 6 heteroatoms. The fourth-order valence-corrected chi connectivity index (χ4v) is 1.06. The second-order valence-corrected chi connectivity index (χ2v) is 2.78. The normalized spacial score (nSPS) is 9.87. The Balaban J connectivity index is 2.19. The van der Waals surface area contributed by atoms with Crippen LogP contribution >= 0.6 is 0 Å². The van der Waals surface area contributed by atoms with Crippen LogP contribution in [-0.4, -0.2) is 16.0 Å². The lowest BCUT2D eigenvalue weighted by Gasteiger charge is -2.02. The van der Waals surface area contributed by atoms with Gasteiger partial charge in [0.15, 0.2) is 11.5 Å². The minimum Gasteiger partial charge on any atom is -0.397 e. The van der Waals surface area contributed by atoms with Gasteiger partial charge in [0.25, 0.3) is 5.91 Å². The van der Waals surface area contributed by atoms with E-state index in [4.69, 9.17) is 5.73 Å². The molecule has 2 aromatic heterocycles. The van der Waals surface area contributed by atoms with Crippen LogP contribution < -0.4 is 11.1 Å². The van der Waals surface area contributed by atoms with E-state index in [1.807, 2.05) is 0 Å². The minimum atomic E-state index is -0.415. The van der Waals surface area contributed by atoms with Crippen molar-refractivity contribution in [2.45, 2.75) is 0 Å². The zero-order chi connectivity index (χ0) is 10.7. The molecule has 0 saturated carbocycles. The van der Waals surface area contributed by atoms with E-state index in [0.717, 1.165) is 0 Å². The topological polar surface area (TPSA) is 94.0 Å². The van der Waals surface area contributed by atoms with Gasteiger partial charge >= 0.3 is 0 Å². The summed E-state index contributed by atoms with van der Waals surface area (Å²) in [4.78, 5) is 15.5. The van der Waals surface area contributed by atoms with Gasteiger partial charge in [0.2, 0.25) is 0 Å². The van der Waals surface area contributed by atoms with E-state index >= 15 is 0 Å². The van der Waals surface area contributed by atoms with Crippen LogP contribution in [0.2, 0.25) is 0 Å². The zero-order valence-corrected chi connectivity index (χ0v) is 7.68. The zero-order valence-electron chi connectivity index (χ0n) is 7.68. The second kappa shape index (κ2) is 3.79. The molecule has 1 amide bonds. The molecule has 2 heterocycles. The molecule has 2 aromatic rings. The molecule has 0 bridgehead atoms. The van der Waals surface area contributed by atoms with Crippen LogP contribution in [0.3, 0.4) is 0 Å². The predicted molar refractivity (Wildman–Crippen MR) is 53.1 cm³/mol. The van der Waals surface area contributed by atoms with Crippen molar-refractivity contribution in [2.75, 3.05) is 11.1 Å². The quantitative estimate of drug-likeness (QED) is 0.758. The van der Waals surface area contributed by atoms with Crippen molar-refractivity contribution in [3.8, 4) is 0 Å². The van der Waals surface area contributed by atoms with Crippen molar-refractivity contribution in [3.05, 3.63) is 36.4 Å². The first-order valence-corrected chi connectivity index (χ1v) is 4.19. The molecule has 0 fully saturated rings. The van der Waals surface area contributed by atoms with Crippen LogP contribution in [0, 0.1) is 0 Å². The number of aromatic nitrogens is 2. The number of hydrogen-bond acceptors (Lipinski definition) is 5. The molecule has 0 radical (unpaired) electrons. The van der Waals surface area contributed by atoms with Crippen molar-refractivity contribution >= 4 is 17.4 Å². The molecule has 0 atom stereocenters. The molecule has 0 unspecified atom stereocenters. The van der Waals surface area contributed by atoms with E-state index in [2.05, 4.69) is 20.0 Å². The monoisotopic (exact) mass is 204 g/mol. The van der Waals surface area contributed by atoms with Gasteiger partial charge in [0, 0.05) is 12.3 Å². The van der Waals surface area contributed by atoms with Gasteiger partial charge in [-0.2, -0.15) is 0 Å². The maximum Gasteiger partial charge on any atom is 0.277 e. The third-order valence-corrected chi connectivity index (χ3v) is 1.73. The highest BCUT2D eigenvalue weighted by atomic mass is 16.5. The summed E-state index contributed by atoms with van der Waals surface area (Å²) >= 11 is 0. The molecule has 15 heavy (non-hydrogen) atoms. The molecule has 76 valence electrons. The van der Waals surface area contributed by atoms with Crippen molar-refractivity contribution in [2.24, 2.45) is 0 Å². The first kappa shape index (κ1) is 9.20. The molecule has 0 aliphatic heterocycles. The number of carbonyl (C=O) groups excluding carboxylic acids is 1. The number of pyridine rings is 1. The number of amides is 1. The Morgan fingerprint density at radius 1 is 1.47 bits per heavy atom. The Bertz CT molecular complexity index is 467. The largest absolute Gasteiger partial charge is 0.397 e. The first-order chi connectivity index (χ1) is 7.27. The van der Waals surface area contributed by atoms with E-state index < -0.39 is 5.91 Å². The smallest absolute Gasteiger partial charge is 0.277 e. The summed E-state index contributed by atoms with van der Waals surface area (Å²) in [5, 5.41) is 6.03. The molecule has 0 aromatic carbocycles. The lowest BCUT2D eigenvalue weighted by molar-refractivity contribution is 0.102. The van der Waals surface area contributed by atoms with Gasteiger partial charge in [0.1, 0.15) is 6.26 Å². The van der Waals surface area contributed by atoms with E-state index in [1.165, 1.54) is 18.5 Å². The number of anilines is 2. The van der Waals surface area contributed by atoms with Crippen LogP contribution in [0.4, 0.5) is 11.5 Å². The maximum atomic E-state index is 11.6. The van der Waals surface area contributed by atoms with Gasteiger partial charge in [-0.25, -0.2) is 4.98 Å². The van der Waals surface area contributed by atoms with Crippen molar-refractivity contribution < 1.29 is 9.32 Å². The third-order valence-electron chi connectivity index (χ3n) is 1.73. The SMILES string of the molecule is Nc1cccnc1C(=O)Nc1ccon1. The van der Waals surface area contributed by atoms with Crippen LogP contribution in [0.25, 0.3) is 0 Å². The summed E-state index contributed by atoms with van der Waals surface area (Å²) in [6, 6.07) is 4.78. The standard InChI is InChI=1S/C9H8N4O2/c10-6-2-1-4-11-8(6)9(14)12-7-3-5-15-13-7/h1-5H,10H2,(H,12,13,14). The van der Waals surface area contributed by atoms with Crippen molar-refractivity contribution in [3.63, 3.8) is 0 Å². The van der Waals surface area contributed by atoms with Gasteiger partial charge in [-0.05, 0) is 12.1 Å². The molecular weight excluding hydrogens is 196 g/mol. The Morgan fingerprint density at radius 3 is 3.00 bits per heavy atom. The third kappa shape index (κ3) is 1.93. The number of hydrogen-bond donors (Lipinski definition) is 2. The highest BCUT2D eigenvalue weighted by Gasteiger charge is 2.11. The van der Waals surface area contributed by atoms with E-state index in [1.54, 1.807) is 12.1 Å². The minimum absolute atomic E-state index is 0.167. The fourth-order valence-electron chi connectivity index (χ4n) is 1.06. The molecule has 0 spiro atoms. The molecule has 2 rings (SSSR count). The second-order valence-electron chi connectivity index (χ2n) is 2.78. The Labute approximate surface area is 85.1 Å². The van der Waals surface area contributed by atoms with Crippen LogP contribution in [-0.2, 0) is 0 Å². The molecule has 0 saturated heterocycles. The first-order valence-electron chi connectivity index (χ1n) is 4.19. The number of nitrogen functional groups attached to an aromatic ring is 1. The van der Waals surface area contributed by atoms with Gasteiger partial charge in [-0.3, -0.25) is 4.79 Å². The summed E-state index contributed by atoms with van der Waals surface area (Å²) in [6.07, 6.45) is 2.85. The predicted octanol–water partition coefficient (Wildman–Crippen LogP) is 0.904. The maximum absolute atomic E-state index is 11.6. The van der Waals surface area contributed by atoms with E-state index in [-0.39, 0.29) is 5.69 Å².